The topological polar surface area (TPSA) is 86.0 Å². The van der Waals surface area contributed by atoms with Gasteiger partial charge in [0.15, 0.2) is 10.9 Å². The van der Waals surface area contributed by atoms with Crippen molar-refractivity contribution in [2.24, 2.45) is 0 Å². The first-order valence-electron chi connectivity index (χ1n) is 7.09. The van der Waals surface area contributed by atoms with Crippen LogP contribution in [0.2, 0.25) is 0 Å². The second-order valence-corrected chi connectivity index (χ2v) is 6.35. The fourth-order valence-corrected chi connectivity index (χ4v) is 2.72. The summed E-state index contributed by atoms with van der Waals surface area (Å²) in [7, 11) is 0. The smallest absolute Gasteiger partial charge is 0.248 e. The number of aromatic nitrogens is 3. The maximum Gasteiger partial charge on any atom is 0.248 e. The lowest BCUT2D eigenvalue weighted by Gasteiger charge is -2.10. The van der Waals surface area contributed by atoms with Crippen molar-refractivity contribution in [1.29, 1.82) is 0 Å². The number of nitrogens with one attached hydrogen (secondary N) is 1. The highest BCUT2D eigenvalue weighted by Gasteiger charge is 2.12. The third-order valence-corrected chi connectivity index (χ3v) is 4.33. The van der Waals surface area contributed by atoms with Gasteiger partial charge in [0.25, 0.3) is 0 Å². The van der Waals surface area contributed by atoms with Crippen molar-refractivity contribution in [3.05, 3.63) is 46.7 Å². The summed E-state index contributed by atoms with van der Waals surface area (Å²) < 4.78 is 5.74. The van der Waals surface area contributed by atoms with Crippen LogP contribution in [-0.4, -0.2) is 15.0 Å². The van der Waals surface area contributed by atoms with Gasteiger partial charge in [0.1, 0.15) is 17.8 Å². The molecule has 0 aliphatic rings. The van der Waals surface area contributed by atoms with Crippen molar-refractivity contribution in [2.75, 3.05) is 11.1 Å². The van der Waals surface area contributed by atoms with Crippen LogP contribution in [0, 0.1) is 20.8 Å². The monoisotopic (exact) mass is 327 g/mol. The van der Waals surface area contributed by atoms with Crippen molar-refractivity contribution < 1.29 is 4.74 Å². The lowest BCUT2D eigenvalue weighted by molar-refractivity contribution is 0.464. The average molecular weight is 327 g/mol. The molecule has 118 valence electrons. The summed E-state index contributed by atoms with van der Waals surface area (Å²) in [5.41, 5.74) is 8.61. The van der Waals surface area contributed by atoms with Crippen LogP contribution in [0.1, 0.15) is 16.1 Å². The first kappa shape index (κ1) is 15.2. The first-order chi connectivity index (χ1) is 11.0. The van der Waals surface area contributed by atoms with Crippen LogP contribution < -0.4 is 15.8 Å². The van der Waals surface area contributed by atoms with Crippen LogP contribution in [0.25, 0.3) is 0 Å². The lowest BCUT2D eigenvalue weighted by Crippen LogP contribution is -2.03. The molecule has 0 spiro atoms. The largest absolute Gasteiger partial charge is 0.437 e. The molecule has 0 fully saturated rings. The molecule has 0 amide bonds. The SMILES string of the molecule is Cc1ccc(Oc2ncnc(Nc3nc(C)c(C)s3)c2N)cc1. The maximum atomic E-state index is 6.12. The zero-order chi connectivity index (χ0) is 16.4. The Morgan fingerprint density at radius 3 is 2.48 bits per heavy atom. The van der Waals surface area contributed by atoms with Crippen molar-refractivity contribution in [1.82, 2.24) is 15.0 Å². The van der Waals surface area contributed by atoms with Gasteiger partial charge in [-0.15, -0.1) is 11.3 Å². The van der Waals surface area contributed by atoms with Gasteiger partial charge in [-0.3, -0.25) is 0 Å². The standard InChI is InChI=1S/C16H17N5OS/c1-9-4-6-12(7-5-9)22-15-13(17)14(18-8-19-15)21-16-20-10(2)11(3)23-16/h4-8H,17H2,1-3H3,(H,18,19,20,21). The van der Waals surface area contributed by atoms with E-state index < -0.39 is 0 Å². The Hall–Kier alpha value is -2.67. The molecular formula is C16H17N5OS. The van der Waals surface area contributed by atoms with Gasteiger partial charge in [-0.1, -0.05) is 17.7 Å². The van der Waals surface area contributed by atoms with Crippen LogP contribution in [0.15, 0.2) is 30.6 Å². The predicted molar refractivity (Wildman–Crippen MR) is 92.6 cm³/mol. The number of anilines is 3. The van der Waals surface area contributed by atoms with Crippen molar-refractivity contribution >= 4 is 28.0 Å². The number of ether oxygens (including phenoxy) is 1. The zero-order valence-corrected chi connectivity index (χ0v) is 13.9. The highest BCUT2D eigenvalue weighted by molar-refractivity contribution is 7.15. The van der Waals surface area contributed by atoms with Gasteiger partial charge in [0.2, 0.25) is 5.88 Å². The van der Waals surface area contributed by atoms with Gasteiger partial charge in [-0.25, -0.2) is 9.97 Å². The Morgan fingerprint density at radius 2 is 1.83 bits per heavy atom. The minimum Gasteiger partial charge on any atom is -0.437 e. The Morgan fingerprint density at radius 1 is 1.09 bits per heavy atom. The predicted octanol–water partition coefficient (Wildman–Crippen LogP) is 3.98. The maximum absolute atomic E-state index is 6.12. The molecule has 0 radical (unpaired) electrons. The molecule has 3 N–H and O–H groups in total. The average Bonchev–Trinajstić information content (AvgIpc) is 2.84. The summed E-state index contributed by atoms with van der Waals surface area (Å²) in [6, 6.07) is 7.68. The fraction of sp³-hybridized carbons (Fsp3) is 0.188. The number of nitrogens with two attached hydrogens (primary N) is 1. The summed E-state index contributed by atoms with van der Waals surface area (Å²) in [4.78, 5) is 13.8. The highest BCUT2D eigenvalue weighted by atomic mass is 32.1. The van der Waals surface area contributed by atoms with Crippen LogP contribution in [0.4, 0.5) is 16.6 Å². The molecular weight excluding hydrogens is 310 g/mol. The van der Waals surface area contributed by atoms with E-state index in [1.165, 1.54) is 6.33 Å². The van der Waals surface area contributed by atoms with Crippen LogP contribution >= 0.6 is 11.3 Å². The van der Waals surface area contributed by atoms with Crippen molar-refractivity contribution in [3.8, 4) is 11.6 Å². The third kappa shape index (κ3) is 3.40. The Bertz CT molecular complexity index is 809. The van der Waals surface area contributed by atoms with Gasteiger partial charge >= 0.3 is 0 Å². The molecule has 0 bridgehead atoms. The van der Waals surface area contributed by atoms with E-state index in [9.17, 15) is 0 Å². The number of nitrogen functional groups attached to an aromatic ring is 1. The van der Waals surface area contributed by atoms with E-state index in [2.05, 4.69) is 20.3 Å². The molecule has 3 aromatic rings. The molecule has 0 aliphatic carbocycles. The third-order valence-electron chi connectivity index (χ3n) is 3.34. The summed E-state index contributed by atoms with van der Waals surface area (Å²) in [5, 5.41) is 3.86. The van der Waals surface area contributed by atoms with Crippen molar-refractivity contribution in [3.63, 3.8) is 0 Å². The van der Waals surface area contributed by atoms with Gasteiger partial charge in [-0.05, 0) is 32.9 Å². The Balaban J connectivity index is 1.84. The molecule has 0 aliphatic heterocycles. The molecule has 0 unspecified atom stereocenters. The molecule has 2 heterocycles. The molecule has 0 saturated carbocycles. The van der Waals surface area contributed by atoms with Gasteiger partial charge in [-0.2, -0.15) is 4.98 Å². The molecule has 0 saturated heterocycles. The van der Waals surface area contributed by atoms with Gasteiger partial charge < -0.3 is 15.8 Å². The fourth-order valence-electron chi connectivity index (χ4n) is 1.91. The van der Waals surface area contributed by atoms with Gasteiger partial charge in [0.05, 0.1) is 5.69 Å². The van der Waals surface area contributed by atoms with E-state index in [1.54, 1.807) is 11.3 Å². The van der Waals surface area contributed by atoms with E-state index >= 15 is 0 Å². The highest BCUT2D eigenvalue weighted by Crippen LogP contribution is 2.32. The van der Waals surface area contributed by atoms with Crippen LogP contribution in [-0.2, 0) is 0 Å². The minimum absolute atomic E-state index is 0.316. The number of aryl methyl sites for hydroxylation is 3. The molecule has 2 aromatic heterocycles. The Labute approximate surface area is 138 Å². The molecule has 6 nitrogen and oxygen atoms in total. The van der Waals surface area contributed by atoms with E-state index in [0.717, 1.165) is 21.3 Å². The van der Waals surface area contributed by atoms with E-state index in [-0.39, 0.29) is 0 Å². The van der Waals surface area contributed by atoms with E-state index in [0.29, 0.717) is 23.1 Å². The number of nitrogens with zero attached hydrogens (tertiary/aromatic N) is 3. The number of hydrogen-bond acceptors (Lipinski definition) is 7. The summed E-state index contributed by atoms with van der Waals surface area (Å²) in [6.45, 7) is 6.00. The molecule has 23 heavy (non-hydrogen) atoms. The number of benzene rings is 1. The molecule has 3 rings (SSSR count). The van der Waals surface area contributed by atoms with Gasteiger partial charge in [0, 0.05) is 4.88 Å². The second kappa shape index (κ2) is 6.21. The summed E-state index contributed by atoms with van der Waals surface area (Å²) in [6.07, 6.45) is 1.41. The molecule has 7 heteroatoms. The summed E-state index contributed by atoms with van der Waals surface area (Å²) in [5.74, 6) is 1.47. The minimum atomic E-state index is 0.316. The first-order valence-corrected chi connectivity index (χ1v) is 7.90. The second-order valence-electron chi connectivity index (χ2n) is 5.14. The van der Waals surface area contributed by atoms with Crippen molar-refractivity contribution in [2.45, 2.75) is 20.8 Å². The quantitative estimate of drug-likeness (QED) is 0.754. The van der Waals surface area contributed by atoms with E-state index in [4.69, 9.17) is 10.5 Å². The lowest BCUT2D eigenvalue weighted by atomic mass is 10.2. The normalized spacial score (nSPS) is 10.6. The number of rotatable bonds is 4. The Kier molecular flexibility index (Phi) is 4.12. The number of thiazole rings is 1. The molecule has 0 atom stereocenters. The van der Waals surface area contributed by atoms with Crippen LogP contribution in [0.5, 0.6) is 11.6 Å². The van der Waals surface area contributed by atoms with Crippen LogP contribution in [0.3, 0.4) is 0 Å². The zero-order valence-electron chi connectivity index (χ0n) is 13.1. The number of hydrogen-bond donors (Lipinski definition) is 2. The molecule has 1 aromatic carbocycles. The summed E-state index contributed by atoms with van der Waals surface area (Å²) >= 11 is 1.55. The van der Waals surface area contributed by atoms with E-state index in [1.807, 2.05) is 45.0 Å².